The smallest absolute Gasteiger partial charge is 0.342 e. The number of alkyl halides is 3. The normalized spacial score (nSPS) is 32.0. The third kappa shape index (κ3) is 4.89. The standard InChI is InChI=1S/C16H26F3N3O3S.ClH/c1-26(24,25)22(9-16(17,18)19)12-4-6-21(7-5-12)15(23)13-10-2-3-11(8-10)14(13)20;/h10-14H,2-9,20H2,1H3;1H. The van der Waals surface area contributed by atoms with Gasteiger partial charge in [-0.15, -0.1) is 12.4 Å². The zero-order valence-electron chi connectivity index (χ0n) is 15.2. The Labute approximate surface area is 164 Å². The molecule has 3 rings (SSSR count). The van der Waals surface area contributed by atoms with Crippen molar-refractivity contribution in [2.75, 3.05) is 25.9 Å². The van der Waals surface area contributed by atoms with E-state index in [0.29, 0.717) is 16.1 Å². The van der Waals surface area contributed by atoms with Crippen molar-refractivity contribution in [1.82, 2.24) is 9.21 Å². The Hall–Kier alpha value is -0.580. The Morgan fingerprint density at radius 2 is 1.70 bits per heavy atom. The number of carbonyl (C=O) groups excluding carboxylic acids is 1. The second-order valence-electron chi connectivity index (χ2n) is 7.92. The predicted octanol–water partition coefficient (Wildman–Crippen LogP) is 1.60. The Kier molecular flexibility index (Phi) is 6.76. The van der Waals surface area contributed by atoms with Crippen LogP contribution >= 0.6 is 12.4 Å². The van der Waals surface area contributed by atoms with E-state index in [1.54, 1.807) is 4.90 Å². The van der Waals surface area contributed by atoms with Crippen LogP contribution in [0.2, 0.25) is 0 Å². The first kappa shape index (κ1) is 22.7. The fourth-order valence-electron chi connectivity index (χ4n) is 4.98. The zero-order chi connectivity index (χ0) is 19.3. The van der Waals surface area contributed by atoms with Gasteiger partial charge in [-0.1, -0.05) is 0 Å². The van der Waals surface area contributed by atoms with Gasteiger partial charge in [0.2, 0.25) is 15.9 Å². The van der Waals surface area contributed by atoms with Gasteiger partial charge in [-0.05, 0) is 43.9 Å². The Morgan fingerprint density at radius 1 is 1.15 bits per heavy atom. The highest BCUT2D eigenvalue weighted by atomic mass is 35.5. The summed E-state index contributed by atoms with van der Waals surface area (Å²) >= 11 is 0. The molecule has 1 amide bonds. The molecule has 0 spiro atoms. The van der Waals surface area contributed by atoms with Crippen molar-refractivity contribution in [3.63, 3.8) is 0 Å². The number of rotatable bonds is 4. The maximum Gasteiger partial charge on any atom is 0.402 e. The number of hydrogen-bond acceptors (Lipinski definition) is 4. The van der Waals surface area contributed by atoms with Gasteiger partial charge in [0.25, 0.3) is 0 Å². The van der Waals surface area contributed by atoms with Crippen LogP contribution in [0.4, 0.5) is 13.2 Å². The van der Waals surface area contributed by atoms with Gasteiger partial charge < -0.3 is 10.6 Å². The van der Waals surface area contributed by atoms with Crippen LogP contribution in [0, 0.1) is 17.8 Å². The monoisotopic (exact) mass is 433 g/mol. The molecule has 0 aromatic heterocycles. The van der Waals surface area contributed by atoms with Crippen molar-refractivity contribution in [2.24, 2.45) is 23.5 Å². The molecule has 27 heavy (non-hydrogen) atoms. The maximum absolute atomic E-state index is 12.8. The third-order valence-corrected chi connectivity index (χ3v) is 7.49. The summed E-state index contributed by atoms with van der Waals surface area (Å²) in [6, 6.07) is -0.860. The first-order valence-corrected chi connectivity index (χ1v) is 10.9. The Bertz CT molecular complexity index is 651. The largest absolute Gasteiger partial charge is 0.402 e. The molecule has 0 radical (unpaired) electrons. The van der Waals surface area contributed by atoms with E-state index < -0.39 is 28.8 Å². The lowest BCUT2D eigenvalue weighted by atomic mass is 9.83. The molecule has 3 aliphatic rings. The maximum atomic E-state index is 12.8. The number of nitrogens with two attached hydrogens (primary N) is 1. The highest BCUT2D eigenvalue weighted by Crippen LogP contribution is 2.48. The van der Waals surface area contributed by atoms with Crippen molar-refractivity contribution in [3.8, 4) is 0 Å². The number of piperidine rings is 1. The molecule has 4 unspecified atom stereocenters. The van der Waals surface area contributed by atoms with Crippen LogP contribution < -0.4 is 5.73 Å². The summed E-state index contributed by atoms with van der Waals surface area (Å²) in [5.74, 6) is 0.522. The van der Waals surface area contributed by atoms with Gasteiger partial charge in [0.1, 0.15) is 6.54 Å². The first-order chi connectivity index (χ1) is 12.0. The summed E-state index contributed by atoms with van der Waals surface area (Å²) in [7, 11) is -3.98. The predicted molar refractivity (Wildman–Crippen MR) is 96.8 cm³/mol. The van der Waals surface area contributed by atoms with E-state index in [0.717, 1.165) is 25.5 Å². The van der Waals surface area contributed by atoms with Crippen LogP contribution in [0.1, 0.15) is 32.1 Å². The molecular formula is C16H27ClF3N3O3S. The highest BCUT2D eigenvalue weighted by molar-refractivity contribution is 7.88. The number of halogens is 4. The van der Waals surface area contributed by atoms with Crippen LogP contribution in [0.3, 0.4) is 0 Å². The van der Waals surface area contributed by atoms with Crippen molar-refractivity contribution in [3.05, 3.63) is 0 Å². The number of fused-ring (bicyclic) bond motifs is 2. The number of nitrogens with zero attached hydrogens (tertiary/aromatic N) is 2. The molecule has 0 aromatic rings. The van der Waals surface area contributed by atoms with E-state index in [2.05, 4.69) is 0 Å². The van der Waals surface area contributed by atoms with E-state index in [1.807, 2.05) is 0 Å². The second kappa shape index (κ2) is 8.04. The molecule has 2 aliphatic carbocycles. The molecule has 1 saturated heterocycles. The van der Waals surface area contributed by atoms with Crippen molar-refractivity contribution in [2.45, 2.75) is 50.4 Å². The van der Waals surface area contributed by atoms with Gasteiger partial charge in [-0.2, -0.15) is 17.5 Å². The summed E-state index contributed by atoms with van der Waals surface area (Å²) < 4.78 is 62.3. The fraction of sp³-hybridized carbons (Fsp3) is 0.938. The quantitative estimate of drug-likeness (QED) is 0.729. The lowest BCUT2D eigenvalue weighted by Crippen LogP contribution is -2.53. The lowest BCUT2D eigenvalue weighted by molar-refractivity contribution is -0.145. The van der Waals surface area contributed by atoms with E-state index in [-0.39, 0.29) is 56.2 Å². The number of carbonyl (C=O) groups is 1. The molecular weight excluding hydrogens is 407 g/mol. The molecule has 4 atom stereocenters. The molecule has 2 saturated carbocycles. The lowest BCUT2D eigenvalue weighted by Gasteiger charge is -2.40. The van der Waals surface area contributed by atoms with E-state index in [1.165, 1.54) is 0 Å². The van der Waals surface area contributed by atoms with Crippen molar-refractivity contribution in [1.29, 1.82) is 0 Å². The van der Waals surface area contributed by atoms with Crippen LogP contribution in [0.15, 0.2) is 0 Å². The summed E-state index contributed by atoms with van der Waals surface area (Å²) in [4.78, 5) is 14.5. The van der Waals surface area contributed by atoms with E-state index in [9.17, 15) is 26.4 Å². The zero-order valence-corrected chi connectivity index (χ0v) is 16.8. The summed E-state index contributed by atoms with van der Waals surface area (Å²) in [5.41, 5.74) is 6.21. The number of amides is 1. The van der Waals surface area contributed by atoms with Crippen LogP contribution in [0.25, 0.3) is 0 Å². The molecule has 158 valence electrons. The van der Waals surface area contributed by atoms with Gasteiger partial charge in [-0.3, -0.25) is 4.79 Å². The van der Waals surface area contributed by atoms with Gasteiger partial charge in [0.15, 0.2) is 0 Å². The van der Waals surface area contributed by atoms with Gasteiger partial charge in [0.05, 0.1) is 12.2 Å². The SMILES string of the molecule is CS(=O)(=O)N(CC(F)(F)F)C1CCN(C(=O)C2C3CCC(C3)C2N)CC1.Cl. The fourth-order valence-corrected chi connectivity index (χ4v) is 6.11. The molecule has 2 bridgehead atoms. The minimum Gasteiger partial charge on any atom is -0.342 e. The van der Waals surface area contributed by atoms with Crippen molar-refractivity contribution < 1.29 is 26.4 Å². The van der Waals surface area contributed by atoms with Gasteiger partial charge in [-0.25, -0.2) is 8.42 Å². The molecule has 11 heteroatoms. The van der Waals surface area contributed by atoms with Gasteiger partial charge in [0, 0.05) is 25.2 Å². The van der Waals surface area contributed by atoms with E-state index >= 15 is 0 Å². The Balaban J connectivity index is 0.00000261. The summed E-state index contributed by atoms with van der Waals surface area (Å²) in [6.07, 6.45) is -0.301. The number of sulfonamides is 1. The molecule has 0 aromatic carbocycles. The minimum absolute atomic E-state index is 0. The van der Waals surface area contributed by atoms with Crippen LogP contribution in [0.5, 0.6) is 0 Å². The van der Waals surface area contributed by atoms with E-state index in [4.69, 9.17) is 5.73 Å². The van der Waals surface area contributed by atoms with Crippen LogP contribution in [-0.2, 0) is 14.8 Å². The molecule has 1 aliphatic heterocycles. The van der Waals surface area contributed by atoms with Crippen molar-refractivity contribution >= 4 is 28.3 Å². The molecule has 2 N–H and O–H groups in total. The first-order valence-electron chi connectivity index (χ1n) is 9.05. The molecule has 3 fully saturated rings. The summed E-state index contributed by atoms with van der Waals surface area (Å²) in [5, 5.41) is 0. The number of hydrogen-bond donors (Lipinski definition) is 1. The van der Waals surface area contributed by atoms with Crippen LogP contribution in [-0.4, -0.2) is 67.7 Å². The average molecular weight is 434 g/mol. The van der Waals surface area contributed by atoms with Gasteiger partial charge >= 0.3 is 6.18 Å². The minimum atomic E-state index is -4.59. The molecule has 1 heterocycles. The third-order valence-electron chi connectivity index (χ3n) is 6.21. The average Bonchev–Trinajstić information content (AvgIpc) is 3.11. The molecule has 6 nitrogen and oxygen atoms in total. The highest BCUT2D eigenvalue weighted by Gasteiger charge is 2.50. The second-order valence-corrected chi connectivity index (χ2v) is 9.85. The topological polar surface area (TPSA) is 83.7 Å². The number of likely N-dealkylation sites (tertiary alicyclic amines) is 1. The Morgan fingerprint density at radius 3 is 2.15 bits per heavy atom. The summed E-state index contributed by atoms with van der Waals surface area (Å²) in [6.45, 7) is -0.941.